The molecule has 0 aliphatic carbocycles. The van der Waals surface area contributed by atoms with E-state index in [1.807, 2.05) is 49.4 Å². The van der Waals surface area contributed by atoms with Gasteiger partial charge in [0.15, 0.2) is 0 Å². The van der Waals surface area contributed by atoms with Crippen LogP contribution in [0.15, 0.2) is 48.5 Å². The van der Waals surface area contributed by atoms with E-state index < -0.39 is 0 Å². The van der Waals surface area contributed by atoms with Crippen molar-refractivity contribution in [1.82, 2.24) is 10.6 Å². The fraction of sp³-hybridized carbons (Fsp3) is 0.316. The van der Waals surface area contributed by atoms with Crippen molar-refractivity contribution in [3.8, 4) is 0 Å². The first-order valence-electron chi connectivity index (χ1n) is 8.07. The molecule has 1 fully saturated rings. The third kappa shape index (κ3) is 3.75. The zero-order chi connectivity index (χ0) is 17.1. The van der Waals surface area contributed by atoms with Crippen LogP contribution in [0.4, 0.5) is 0 Å². The first-order valence-corrected chi connectivity index (χ1v) is 8.83. The molecule has 0 radical (unpaired) electrons. The van der Waals surface area contributed by atoms with Gasteiger partial charge in [0.05, 0.1) is 16.1 Å². The number of nitrogens with one attached hydrogen (secondary N) is 2. The molecule has 0 saturated carbocycles. The lowest BCUT2D eigenvalue weighted by molar-refractivity contribution is -0.127. The number of rotatable bonds is 5. The highest BCUT2D eigenvalue weighted by Crippen LogP contribution is 2.29. The molecule has 1 aliphatic heterocycles. The van der Waals surface area contributed by atoms with Gasteiger partial charge in [0.2, 0.25) is 5.91 Å². The van der Waals surface area contributed by atoms with Crippen LogP contribution < -0.4 is 10.6 Å². The van der Waals surface area contributed by atoms with Crippen molar-refractivity contribution >= 4 is 29.1 Å². The lowest BCUT2D eigenvalue weighted by Crippen LogP contribution is -2.50. The van der Waals surface area contributed by atoms with Crippen LogP contribution in [0.5, 0.6) is 0 Å². The Bertz CT molecular complexity index is 717. The number of carbonyl (C=O) groups is 1. The zero-order valence-corrected chi connectivity index (χ0v) is 14.9. The molecule has 1 aliphatic rings. The molecule has 126 valence electrons. The third-order valence-corrected chi connectivity index (χ3v) is 5.37. The van der Waals surface area contributed by atoms with E-state index in [-0.39, 0.29) is 17.9 Å². The minimum absolute atomic E-state index is 0.0276. The molecule has 1 saturated heterocycles. The summed E-state index contributed by atoms with van der Waals surface area (Å²) in [6, 6.07) is 15.1. The maximum atomic E-state index is 12.7. The molecular formula is C19H20Cl2N2O. The van der Waals surface area contributed by atoms with E-state index >= 15 is 0 Å². The van der Waals surface area contributed by atoms with Gasteiger partial charge in [-0.15, -0.1) is 0 Å². The van der Waals surface area contributed by atoms with Gasteiger partial charge in [-0.1, -0.05) is 66.5 Å². The van der Waals surface area contributed by atoms with E-state index in [0.717, 1.165) is 24.2 Å². The Hall–Kier alpha value is -1.55. The van der Waals surface area contributed by atoms with Gasteiger partial charge >= 0.3 is 0 Å². The van der Waals surface area contributed by atoms with Gasteiger partial charge in [-0.25, -0.2) is 0 Å². The van der Waals surface area contributed by atoms with Gasteiger partial charge in [-0.05, 0) is 42.3 Å². The minimum Gasteiger partial charge on any atom is -0.345 e. The molecule has 2 unspecified atom stereocenters. The van der Waals surface area contributed by atoms with Gasteiger partial charge < -0.3 is 10.6 Å². The van der Waals surface area contributed by atoms with Gasteiger partial charge in [-0.3, -0.25) is 4.79 Å². The minimum atomic E-state index is -0.246. The largest absolute Gasteiger partial charge is 0.345 e. The second kappa shape index (κ2) is 7.56. The van der Waals surface area contributed by atoms with Gasteiger partial charge in [0.1, 0.15) is 0 Å². The van der Waals surface area contributed by atoms with Crippen LogP contribution in [0.25, 0.3) is 0 Å². The second-order valence-corrected chi connectivity index (χ2v) is 7.05. The van der Waals surface area contributed by atoms with E-state index in [2.05, 4.69) is 10.6 Å². The fourth-order valence-corrected chi connectivity index (χ4v) is 3.16. The number of halogens is 2. The Morgan fingerprint density at radius 3 is 2.38 bits per heavy atom. The maximum absolute atomic E-state index is 12.7. The van der Waals surface area contributed by atoms with Crippen molar-refractivity contribution in [2.75, 3.05) is 13.1 Å². The summed E-state index contributed by atoms with van der Waals surface area (Å²) < 4.78 is 0. The number of hydrogen-bond acceptors (Lipinski definition) is 2. The Morgan fingerprint density at radius 1 is 1.08 bits per heavy atom. The van der Waals surface area contributed by atoms with Crippen molar-refractivity contribution in [2.24, 2.45) is 11.8 Å². The van der Waals surface area contributed by atoms with E-state index in [1.54, 1.807) is 6.07 Å². The molecule has 1 heterocycles. The zero-order valence-electron chi connectivity index (χ0n) is 13.4. The summed E-state index contributed by atoms with van der Waals surface area (Å²) in [5.74, 6) is 0.428. The van der Waals surface area contributed by atoms with Crippen LogP contribution in [0, 0.1) is 11.8 Å². The smallest absolute Gasteiger partial charge is 0.223 e. The summed E-state index contributed by atoms with van der Waals surface area (Å²) in [5.41, 5.74) is 1.94. The van der Waals surface area contributed by atoms with E-state index in [1.165, 1.54) is 0 Å². The Balaban J connectivity index is 1.87. The van der Waals surface area contributed by atoms with Gasteiger partial charge in [0.25, 0.3) is 0 Å². The predicted octanol–water partition coefficient (Wildman–Crippen LogP) is 4.05. The monoisotopic (exact) mass is 362 g/mol. The molecule has 5 heteroatoms. The standard InChI is InChI=1S/C19H20Cl2N2O/c1-12(15-10-22-11-15)19(24)23-18(13-5-3-2-4-6-13)14-7-8-16(20)17(21)9-14/h2-9,12,15,18,22H,10-11H2,1H3,(H,23,24). The quantitative estimate of drug-likeness (QED) is 0.841. The summed E-state index contributed by atoms with van der Waals surface area (Å²) in [6.07, 6.45) is 0. The number of benzene rings is 2. The molecule has 0 aromatic heterocycles. The molecule has 24 heavy (non-hydrogen) atoms. The average Bonchev–Trinajstić information content (AvgIpc) is 2.54. The summed E-state index contributed by atoms with van der Waals surface area (Å²) in [7, 11) is 0. The van der Waals surface area contributed by atoms with E-state index in [9.17, 15) is 4.79 Å². The first-order chi connectivity index (χ1) is 11.6. The topological polar surface area (TPSA) is 41.1 Å². The van der Waals surface area contributed by atoms with Crippen LogP contribution in [0.2, 0.25) is 10.0 Å². The van der Waals surface area contributed by atoms with Gasteiger partial charge in [0, 0.05) is 5.92 Å². The van der Waals surface area contributed by atoms with Crippen molar-refractivity contribution < 1.29 is 4.79 Å². The van der Waals surface area contributed by atoms with Crippen molar-refractivity contribution in [2.45, 2.75) is 13.0 Å². The summed E-state index contributed by atoms with van der Waals surface area (Å²) in [5, 5.41) is 7.39. The molecule has 2 atom stereocenters. The molecule has 3 rings (SSSR count). The highest BCUT2D eigenvalue weighted by atomic mass is 35.5. The van der Waals surface area contributed by atoms with Crippen LogP contribution in [-0.4, -0.2) is 19.0 Å². The summed E-state index contributed by atoms with van der Waals surface area (Å²) in [6.45, 7) is 3.78. The maximum Gasteiger partial charge on any atom is 0.223 e. The Kier molecular flexibility index (Phi) is 5.44. The van der Waals surface area contributed by atoms with E-state index in [0.29, 0.717) is 16.0 Å². The summed E-state index contributed by atoms with van der Waals surface area (Å²) >= 11 is 12.2. The van der Waals surface area contributed by atoms with Gasteiger partial charge in [-0.2, -0.15) is 0 Å². The second-order valence-electron chi connectivity index (χ2n) is 6.23. The molecule has 1 amide bonds. The lowest BCUT2D eigenvalue weighted by Gasteiger charge is -2.33. The van der Waals surface area contributed by atoms with Crippen molar-refractivity contribution in [3.05, 3.63) is 69.7 Å². The Morgan fingerprint density at radius 2 is 1.79 bits per heavy atom. The Labute approximate surface area is 152 Å². The summed E-state index contributed by atoms with van der Waals surface area (Å²) in [4.78, 5) is 12.7. The van der Waals surface area contributed by atoms with Crippen molar-refractivity contribution in [1.29, 1.82) is 0 Å². The number of hydrogen-bond donors (Lipinski definition) is 2. The SMILES string of the molecule is CC(C(=O)NC(c1ccccc1)c1ccc(Cl)c(Cl)c1)C1CNC1. The van der Waals surface area contributed by atoms with Crippen LogP contribution in [0.3, 0.4) is 0 Å². The first kappa shape index (κ1) is 17.3. The molecule has 2 aromatic rings. The molecule has 0 bridgehead atoms. The number of carbonyl (C=O) groups excluding carboxylic acids is 1. The lowest BCUT2D eigenvalue weighted by atomic mass is 9.87. The highest BCUT2D eigenvalue weighted by molar-refractivity contribution is 6.42. The van der Waals surface area contributed by atoms with Crippen LogP contribution in [-0.2, 0) is 4.79 Å². The molecule has 2 aromatic carbocycles. The third-order valence-electron chi connectivity index (χ3n) is 4.63. The van der Waals surface area contributed by atoms with Crippen LogP contribution >= 0.6 is 23.2 Å². The van der Waals surface area contributed by atoms with Crippen LogP contribution in [0.1, 0.15) is 24.1 Å². The normalized spacial score (nSPS) is 17.0. The molecule has 3 nitrogen and oxygen atoms in total. The predicted molar refractivity (Wildman–Crippen MR) is 98.4 cm³/mol. The highest BCUT2D eigenvalue weighted by Gasteiger charge is 2.30. The fourth-order valence-electron chi connectivity index (χ4n) is 2.85. The molecular weight excluding hydrogens is 343 g/mol. The average molecular weight is 363 g/mol. The van der Waals surface area contributed by atoms with E-state index in [4.69, 9.17) is 23.2 Å². The molecule has 2 N–H and O–H groups in total. The molecule has 0 spiro atoms. The number of amides is 1. The van der Waals surface area contributed by atoms with Crippen molar-refractivity contribution in [3.63, 3.8) is 0 Å².